The van der Waals surface area contributed by atoms with Gasteiger partial charge in [0.15, 0.2) is 0 Å². The molecule has 0 aliphatic heterocycles. The quantitative estimate of drug-likeness (QED) is 0.427. The third-order valence-electron chi connectivity index (χ3n) is 3.96. The van der Waals surface area contributed by atoms with E-state index in [4.69, 9.17) is 0 Å². The fourth-order valence-electron chi connectivity index (χ4n) is 2.64. The van der Waals surface area contributed by atoms with Crippen LogP contribution in [0.4, 0.5) is 5.69 Å². The van der Waals surface area contributed by atoms with E-state index < -0.39 is 10.8 Å². The molecule has 3 aromatic carbocycles. The number of carbonyl (C=O) groups excluding carboxylic acids is 1. The summed E-state index contributed by atoms with van der Waals surface area (Å²) in [6.07, 6.45) is 1.37. The van der Waals surface area contributed by atoms with Gasteiger partial charge in [-0.25, -0.2) is 5.43 Å². The molecule has 0 fully saturated rings. The first-order chi connectivity index (χ1) is 12.5. The molecular weight excluding hydrogens is 334 g/mol. The normalized spacial score (nSPS) is 11.0. The van der Waals surface area contributed by atoms with Crippen molar-refractivity contribution in [3.05, 3.63) is 81.4 Å². The van der Waals surface area contributed by atoms with Gasteiger partial charge in [0.05, 0.1) is 11.1 Å². The summed E-state index contributed by atoms with van der Waals surface area (Å²) in [7, 11) is 0. The number of benzene rings is 3. The van der Waals surface area contributed by atoms with E-state index in [0.29, 0.717) is 11.1 Å². The number of amides is 1. The van der Waals surface area contributed by atoms with Crippen LogP contribution in [0.3, 0.4) is 0 Å². The lowest BCUT2D eigenvalue weighted by Gasteiger charge is -2.05. The number of aromatic hydroxyl groups is 1. The summed E-state index contributed by atoms with van der Waals surface area (Å²) in [5.74, 6) is -0.452. The highest BCUT2D eigenvalue weighted by Gasteiger charge is 2.13. The van der Waals surface area contributed by atoms with Crippen LogP contribution in [0.5, 0.6) is 5.75 Å². The van der Waals surface area contributed by atoms with Gasteiger partial charge in [-0.15, -0.1) is 0 Å². The molecule has 0 spiro atoms. The molecule has 7 heteroatoms. The number of nitro benzene ring substituents is 1. The van der Waals surface area contributed by atoms with E-state index in [-0.39, 0.29) is 17.0 Å². The zero-order chi connectivity index (χ0) is 18.7. The average Bonchev–Trinajstić information content (AvgIpc) is 2.63. The Morgan fingerprint density at radius 2 is 1.96 bits per heavy atom. The molecule has 0 aliphatic carbocycles. The number of hydrogen-bond donors (Lipinski definition) is 2. The van der Waals surface area contributed by atoms with Gasteiger partial charge in [-0.05, 0) is 35.9 Å². The van der Waals surface area contributed by atoms with Gasteiger partial charge >= 0.3 is 0 Å². The van der Waals surface area contributed by atoms with Crippen molar-refractivity contribution in [2.75, 3.05) is 0 Å². The summed E-state index contributed by atoms with van der Waals surface area (Å²) in [5, 5.41) is 26.5. The van der Waals surface area contributed by atoms with Crippen LogP contribution in [-0.2, 0) is 0 Å². The van der Waals surface area contributed by atoms with Crippen molar-refractivity contribution in [3.8, 4) is 5.75 Å². The lowest BCUT2D eigenvalue weighted by molar-refractivity contribution is -0.385. The lowest BCUT2D eigenvalue weighted by atomic mass is 10.0. The summed E-state index contributed by atoms with van der Waals surface area (Å²) in [6, 6.07) is 14.9. The Labute approximate surface area is 148 Å². The summed E-state index contributed by atoms with van der Waals surface area (Å²) in [5.41, 5.74) is 3.45. The maximum absolute atomic E-state index is 12.2. The number of phenols is 1. The van der Waals surface area contributed by atoms with E-state index in [0.717, 1.165) is 10.8 Å². The first-order valence-corrected chi connectivity index (χ1v) is 7.76. The number of nitrogens with zero attached hydrogens (tertiary/aromatic N) is 2. The highest BCUT2D eigenvalue weighted by Crippen LogP contribution is 2.25. The van der Waals surface area contributed by atoms with Crippen molar-refractivity contribution in [2.45, 2.75) is 6.92 Å². The maximum Gasteiger partial charge on any atom is 0.272 e. The molecule has 130 valence electrons. The smallest absolute Gasteiger partial charge is 0.272 e. The maximum atomic E-state index is 12.2. The van der Waals surface area contributed by atoms with Crippen LogP contribution < -0.4 is 5.43 Å². The molecular formula is C19H15N3O4. The van der Waals surface area contributed by atoms with Crippen LogP contribution in [0, 0.1) is 17.0 Å². The van der Waals surface area contributed by atoms with Crippen LogP contribution in [-0.4, -0.2) is 22.2 Å². The summed E-state index contributed by atoms with van der Waals surface area (Å²) >= 11 is 0. The number of hydrogen-bond acceptors (Lipinski definition) is 5. The first-order valence-electron chi connectivity index (χ1n) is 7.76. The number of carbonyl (C=O) groups is 1. The second kappa shape index (κ2) is 7.02. The molecule has 0 saturated heterocycles. The second-order valence-electron chi connectivity index (χ2n) is 5.68. The monoisotopic (exact) mass is 349 g/mol. The van der Waals surface area contributed by atoms with Crippen molar-refractivity contribution in [1.29, 1.82) is 0 Å². The number of fused-ring (bicyclic) bond motifs is 1. The van der Waals surface area contributed by atoms with Gasteiger partial charge in [-0.1, -0.05) is 30.3 Å². The Balaban J connectivity index is 1.81. The van der Waals surface area contributed by atoms with E-state index in [1.165, 1.54) is 24.4 Å². The van der Waals surface area contributed by atoms with Crippen LogP contribution in [0.1, 0.15) is 21.5 Å². The van der Waals surface area contributed by atoms with Gasteiger partial charge < -0.3 is 5.11 Å². The molecule has 0 unspecified atom stereocenters. The lowest BCUT2D eigenvalue weighted by Crippen LogP contribution is -2.17. The van der Waals surface area contributed by atoms with Gasteiger partial charge in [0.25, 0.3) is 11.6 Å². The standard InChI is InChI=1S/C19H15N3O4/c1-12-10-14(6-8-17(12)22(25)26)19(24)21-20-11-16-15-5-3-2-4-13(15)7-9-18(16)23/h2-11,23H,1H3,(H,21,24). The number of nitro groups is 1. The summed E-state index contributed by atoms with van der Waals surface area (Å²) in [4.78, 5) is 22.5. The van der Waals surface area contributed by atoms with Gasteiger partial charge in [0.2, 0.25) is 0 Å². The molecule has 26 heavy (non-hydrogen) atoms. The fraction of sp³-hybridized carbons (Fsp3) is 0.0526. The van der Waals surface area contributed by atoms with Crippen LogP contribution >= 0.6 is 0 Å². The van der Waals surface area contributed by atoms with E-state index >= 15 is 0 Å². The Bertz CT molecular complexity index is 1040. The van der Waals surface area contributed by atoms with E-state index in [1.807, 2.05) is 24.3 Å². The van der Waals surface area contributed by atoms with Crippen molar-refractivity contribution >= 4 is 28.6 Å². The van der Waals surface area contributed by atoms with Crippen LogP contribution in [0.2, 0.25) is 0 Å². The Morgan fingerprint density at radius 1 is 1.19 bits per heavy atom. The van der Waals surface area contributed by atoms with Crippen molar-refractivity contribution < 1.29 is 14.8 Å². The minimum Gasteiger partial charge on any atom is -0.507 e. The second-order valence-corrected chi connectivity index (χ2v) is 5.68. The minimum atomic E-state index is -0.502. The molecule has 0 atom stereocenters. The van der Waals surface area contributed by atoms with E-state index in [1.54, 1.807) is 19.1 Å². The van der Waals surface area contributed by atoms with E-state index in [2.05, 4.69) is 10.5 Å². The van der Waals surface area contributed by atoms with Gasteiger partial charge in [0, 0.05) is 22.8 Å². The third kappa shape index (κ3) is 3.36. The number of phenolic OH excluding ortho intramolecular Hbond substituents is 1. The number of hydrazone groups is 1. The molecule has 1 amide bonds. The zero-order valence-corrected chi connectivity index (χ0v) is 13.8. The van der Waals surface area contributed by atoms with Crippen molar-refractivity contribution in [1.82, 2.24) is 5.43 Å². The summed E-state index contributed by atoms with van der Waals surface area (Å²) < 4.78 is 0. The molecule has 0 bridgehead atoms. The highest BCUT2D eigenvalue weighted by atomic mass is 16.6. The summed E-state index contributed by atoms with van der Waals surface area (Å²) in [6.45, 7) is 1.56. The Hall–Kier alpha value is -3.74. The predicted molar refractivity (Wildman–Crippen MR) is 98.5 cm³/mol. The fourth-order valence-corrected chi connectivity index (χ4v) is 2.64. The molecule has 7 nitrogen and oxygen atoms in total. The topological polar surface area (TPSA) is 105 Å². The number of nitrogens with one attached hydrogen (secondary N) is 1. The average molecular weight is 349 g/mol. The highest BCUT2D eigenvalue weighted by molar-refractivity contribution is 6.03. The SMILES string of the molecule is Cc1cc(C(=O)NN=Cc2c(O)ccc3ccccc23)ccc1[N+](=O)[O-]. The molecule has 0 saturated carbocycles. The zero-order valence-electron chi connectivity index (χ0n) is 13.8. The number of rotatable bonds is 4. The predicted octanol–water partition coefficient (Wildman–Crippen LogP) is 3.53. The molecule has 0 aliphatic rings. The van der Waals surface area contributed by atoms with Gasteiger partial charge in [-0.3, -0.25) is 14.9 Å². The van der Waals surface area contributed by atoms with Gasteiger partial charge in [0.1, 0.15) is 5.75 Å². The van der Waals surface area contributed by atoms with Crippen LogP contribution in [0.15, 0.2) is 59.7 Å². The van der Waals surface area contributed by atoms with E-state index in [9.17, 15) is 20.0 Å². The minimum absolute atomic E-state index is 0.0490. The number of aryl methyl sites for hydroxylation is 1. The molecule has 2 N–H and O–H groups in total. The molecule has 0 aromatic heterocycles. The van der Waals surface area contributed by atoms with Gasteiger partial charge in [-0.2, -0.15) is 5.10 Å². The molecule has 3 rings (SSSR count). The third-order valence-corrected chi connectivity index (χ3v) is 3.96. The molecule has 3 aromatic rings. The largest absolute Gasteiger partial charge is 0.507 e. The molecule has 0 heterocycles. The molecule has 0 radical (unpaired) electrons. The Morgan fingerprint density at radius 3 is 2.69 bits per heavy atom. The first kappa shape index (κ1) is 17.1. The van der Waals surface area contributed by atoms with Crippen molar-refractivity contribution in [2.24, 2.45) is 5.10 Å². The Kier molecular flexibility index (Phi) is 4.62. The van der Waals surface area contributed by atoms with Crippen molar-refractivity contribution in [3.63, 3.8) is 0 Å². The van der Waals surface area contributed by atoms with Crippen LogP contribution in [0.25, 0.3) is 10.8 Å².